The zero-order valence-corrected chi connectivity index (χ0v) is 10.4. The Balaban J connectivity index is 2.01. The third-order valence-corrected chi connectivity index (χ3v) is 3.19. The highest BCUT2D eigenvalue weighted by atomic mass is 35.5. The first-order valence-electron chi connectivity index (χ1n) is 5.52. The highest BCUT2D eigenvalue weighted by Crippen LogP contribution is 2.26. The van der Waals surface area contributed by atoms with Crippen molar-refractivity contribution in [1.29, 1.82) is 0 Å². The van der Waals surface area contributed by atoms with E-state index in [4.69, 9.17) is 16.3 Å². The first-order valence-corrected chi connectivity index (χ1v) is 5.90. The van der Waals surface area contributed by atoms with Crippen LogP contribution in [-0.4, -0.2) is 25.6 Å². The molecule has 0 aromatic heterocycles. The highest BCUT2D eigenvalue weighted by molar-refractivity contribution is 6.31. The first kappa shape index (κ1) is 12.2. The number of benzene rings is 1. The Kier molecular flexibility index (Phi) is 3.86. The number of amides is 1. The predicted octanol–water partition coefficient (Wildman–Crippen LogP) is 1.33. The van der Waals surface area contributed by atoms with Crippen molar-refractivity contribution in [3.63, 3.8) is 0 Å². The number of methoxy groups -OCH3 is 1. The van der Waals surface area contributed by atoms with Crippen molar-refractivity contribution < 1.29 is 9.53 Å². The molecule has 0 spiro atoms. The van der Waals surface area contributed by atoms with E-state index in [0.717, 1.165) is 11.3 Å². The third-order valence-electron chi connectivity index (χ3n) is 2.84. The highest BCUT2D eigenvalue weighted by Gasteiger charge is 2.21. The molecule has 0 bridgehead atoms. The number of carbonyl (C=O) groups excluding carboxylic acids is 1. The van der Waals surface area contributed by atoms with Crippen molar-refractivity contribution in [3.8, 4) is 5.75 Å². The van der Waals surface area contributed by atoms with Gasteiger partial charge >= 0.3 is 0 Å². The Bertz CT molecular complexity index is 423. The van der Waals surface area contributed by atoms with Gasteiger partial charge in [0, 0.05) is 36.1 Å². The Morgan fingerprint density at radius 2 is 2.41 bits per heavy atom. The molecule has 17 heavy (non-hydrogen) atoms. The van der Waals surface area contributed by atoms with E-state index in [1.54, 1.807) is 7.11 Å². The van der Waals surface area contributed by atoms with Crippen LogP contribution in [0.2, 0.25) is 5.02 Å². The van der Waals surface area contributed by atoms with Gasteiger partial charge in [0.2, 0.25) is 5.91 Å². The van der Waals surface area contributed by atoms with E-state index >= 15 is 0 Å². The smallest absolute Gasteiger partial charge is 0.221 e. The number of carbonyl (C=O) groups is 1. The maximum Gasteiger partial charge on any atom is 0.221 e. The lowest BCUT2D eigenvalue weighted by atomic mass is 10.1. The standard InChI is InChI=1S/C12H15ClN2O2/c1-17-11-4-2-3-10(13)9(11)7-14-8-5-12(16)15-6-8/h2-4,8,14H,5-7H2,1H3,(H,15,16). The van der Waals surface area contributed by atoms with Crippen molar-refractivity contribution in [2.24, 2.45) is 0 Å². The van der Waals surface area contributed by atoms with Gasteiger partial charge in [0.25, 0.3) is 0 Å². The summed E-state index contributed by atoms with van der Waals surface area (Å²) in [5.41, 5.74) is 0.927. The van der Waals surface area contributed by atoms with E-state index in [2.05, 4.69) is 10.6 Å². The van der Waals surface area contributed by atoms with Gasteiger partial charge in [0.05, 0.1) is 7.11 Å². The van der Waals surface area contributed by atoms with Crippen LogP contribution in [0.1, 0.15) is 12.0 Å². The Morgan fingerprint density at radius 3 is 3.06 bits per heavy atom. The topological polar surface area (TPSA) is 50.4 Å². The fourth-order valence-electron chi connectivity index (χ4n) is 1.90. The summed E-state index contributed by atoms with van der Waals surface area (Å²) in [5, 5.41) is 6.75. The second kappa shape index (κ2) is 5.38. The number of ether oxygens (including phenoxy) is 1. The molecule has 1 heterocycles. The van der Waals surface area contributed by atoms with Crippen LogP contribution in [0.5, 0.6) is 5.75 Å². The van der Waals surface area contributed by atoms with Gasteiger partial charge in [-0.3, -0.25) is 4.79 Å². The van der Waals surface area contributed by atoms with Crippen LogP contribution >= 0.6 is 11.6 Å². The summed E-state index contributed by atoms with van der Waals surface area (Å²) >= 11 is 6.12. The maximum absolute atomic E-state index is 11.1. The van der Waals surface area contributed by atoms with Gasteiger partial charge in [-0.25, -0.2) is 0 Å². The number of halogens is 1. The lowest BCUT2D eigenvalue weighted by Gasteiger charge is -2.14. The van der Waals surface area contributed by atoms with Gasteiger partial charge in [-0.15, -0.1) is 0 Å². The molecule has 4 nitrogen and oxygen atoms in total. The van der Waals surface area contributed by atoms with Gasteiger partial charge in [-0.1, -0.05) is 17.7 Å². The summed E-state index contributed by atoms with van der Waals surface area (Å²) in [7, 11) is 1.62. The molecular formula is C12H15ClN2O2. The Hall–Kier alpha value is -1.26. The number of rotatable bonds is 4. The summed E-state index contributed by atoms with van der Waals surface area (Å²) in [6.07, 6.45) is 0.521. The van der Waals surface area contributed by atoms with Gasteiger partial charge in [0.1, 0.15) is 5.75 Å². The normalized spacial score (nSPS) is 19.2. The van der Waals surface area contributed by atoms with E-state index < -0.39 is 0 Å². The van der Waals surface area contributed by atoms with Crippen LogP contribution in [-0.2, 0) is 11.3 Å². The summed E-state index contributed by atoms with van der Waals surface area (Å²) in [5.74, 6) is 0.857. The molecule has 1 saturated heterocycles. The van der Waals surface area contributed by atoms with E-state index in [-0.39, 0.29) is 11.9 Å². The van der Waals surface area contributed by atoms with Gasteiger partial charge in [-0.2, -0.15) is 0 Å². The SMILES string of the molecule is COc1cccc(Cl)c1CNC1CNC(=O)C1. The van der Waals surface area contributed by atoms with E-state index in [1.165, 1.54) is 0 Å². The minimum atomic E-state index is 0.0913. The molecule has 1 aromatic carbocycles. The lowest BCUT2D eigenvalue weighted by Crippen LogP contribution is -2.30. The average Bonchev–Trinajstić information content (AvgIpc) is 2.73. The van der Waals surface area contributed by atoms with Crippen molar-refractivity contribution in [2.45, 2.75) is 19.0 Å². The van der Waals surface area contributed by atoms with Crippen LogP contribution in [0.25, 0.3) is 0 Å². The van der Waals surface area contributed by atoms with E-state index in [0.29, 0.717) is 24.5 Å². The second-order valence-electron chi connectivity index (χ2n) is 4.01. The number of hydrogen-bond donors (Lipinski definition) is 2. The molecule has 1 aliphatic heterocycles. The quantitative estimate of drug-likeness (QED) is 0.852. The number of nitrogens with one attached hydrogen (secondary N) is 2. The zero-order chi connectivity index (χ0) is 12.3. The molecule has 0 saturated carbocycles. The fourth-order valence-corrected chi connectivity index (χ4v) is 2.13. The monoisotopic (exact) mass is 254 g/mol. The van der Waals surface area contributed by atoms with Crippen molar-refractivity contribution in [1.82, 2.24) is 10.6 Å². The second-order valence-corrected chi connectivity index (χ2v) is 4.41. The Labute approximate surface area is 105 Å². The largest absolute Gasteiger partial charge is 0.496 e. The summed E-state index contributed by atoms with van der Waals surface area (Å²) < 4.78 is 5.26. The molecule has 0 radical (unpaired) electrons. The molecule has 2 rings (SSSR count). The summed E-state index contributed by atoms with van der Waals surface area (Å²) in [4.78, 5) is 11.1. The molecule has 92 valence electrons. The van der Waals surface area contributed by atoms with E-state index in [9.17, 15) is 4.79 Å². The molecule has 1 atom stereocenters. The van der Waals surface area contributed by atoms with Crippen LogP contribution in [0.4, 0.5) is 0 Å². The fraction of sp³-hybridized carbons (Fsp3) is 0.417. The van der Waals surface area contributed by atoms with Crippen molar-refractivity contribution >= 4 is 17.5 Å². The lowest BCUT2D eigenvalue weighted by molar-refractivity contribution is -0.119. The molecule has 2 N–H and O–H groups in total. The summed E-state index contributed by atoms with van der Waals surface area (Å²) in [6, 6.07) is 5.73. The van der Waals surface area contributed by atoms with Crippen LogP contribution in [0, 0.1) is 0 Å². The molecule has 1 aromatic rings. The molecule has 1 amide bonds. The molecule has 5 heteroatoms. The zero-order valence-electron chi connectivity index (χ0n) is 9.63. The summed E-state index contributed by atoms with van der Waals surface area (Å²) in [6.45, 7) is 1.27. The van der Waals surface area contributed by atoms with Gasteiger partial charge < -0.3 is 15.4 Å². The van der Waals surface area contributed by atoms with Crippen molar-refractivity contribution in [2.75, 3.05) is 13.7 Å². The minimum absolute atomic E-state index is 0.0913. The van der Waals surface area contributed by atoms with Gasteiger partial charge in [-0.05, 0) is 12.1 Å². The van der Waals surface area contributed by atoms with Crippen LogP contribution < -0.4 is 15.4 Å². The van der Waals surface area contributed by atoms with E-state index in [1.807, 2.05) is 18.2 Å². The molecule has 1 aliphatic rings. The number of hydrogen-bond acceptors (Lipinski definition) is 3. The van der Waals surface area contributed by atoms with Crippen LogP contribution in [0.3, 0.4) is 0 Å². The van der Waals surface area contributed by atoms with Gasteiger partial charge in [0.15, 0.2) is 0 Å². The maximum atomic E-state index is 11.1. The Morgan fingerprint density at radius 1 is 1.59 bits per heavy atom. The first-order chi connectivity index (χ1) is 8.20. The predicted molar refractivity (Wildman–Crippen MR) is 66.3 cm³/mol. The molecule has 1 fully saturated rings. The minimum Gasteiger partial charge on any atom is -0.496 e. The van der Waals surface area contributed by atoms with Crippen molar-refractivity contribution in [3.05, 3.63) is 28.8 Å². The molecular weight excluding hydrogens is 240 g/mol. The average molecular weight is 255 g/mol. The third kappa shape index (κ3) is 2.90. The molecule has 0 aliphatic carbocycles. The van der Waals surface area contributed by atoms with Crippen LogP contribution in [0.15, 0.2) is 18.2 Å². The molecule has 1 unspecified atom stereocenters.